The molecule has 0 amide bonds. The van der Waals surface area contributed by atoms with Crippen LogP contribution in [0, 0.1) is 0 Å². The molecule has 0 saturated heterocycles. The molecule has 1 aromatic rings. The van der Waals surface area contributed by atoms with Gasteiger partial charge in [-0.2, -0.15) is 4.98 Å². The zero-order valence-corrected chi connectivity index (χ0v) is 13.0. The molecule has 0 spiro atoms. The summed E-state index contributed by atoms with van der Waals surface area (Å²) < 4.78 is 5.49. The Morgan fingerprint density at radius 1 is 1.05 bits per heavy atom. The summed E-state index contributed by atoms with van der Waals surface area (Å²) in [7, 11) is 0. The molecule has 5 heteroatoms. The largest absolute Gasteiger partial charge is 0.476 e. The minimum absolute atomic E-state index is 0.502. The lowest BCUT2D eigenvalue weighted by Crippen LogP contribution is -2.11. The van der Waals surface area contributed by atoms with Crippen LogP contribution in [-0.4, -0.2) is 23.1 Å². The number of nitrogens with one attached hydrogen (secondary N) is 1. The van der Waals surface area contributed by atoms with E-state index in [1.807, 2.05) is 6.92 Å². The molecule has 0 aliphatic rings. The Kier molecular flexibility index (Phi) is 7.77. The first-order valence-corrected chi connectivity index (χ1v) is 7.75. The minimum atomic E-state index is 0.502. The monoisotopic (exact) mass is 280 g/mol. The number of nitrogen functional groups attached to an aromatic ring is 1. The molecule has 1 rings (SSSR count). The van der Waals surface area contributed by atoms with Gasteiger partial charge in [-0.25, -0.2) is 4.98 Å². The van der Waals surface area contributed by atoms with Crippen molar-refractivity contribution in [3.05, 3.63) is 5.82 Å². The zero-order chi connectivity index (χ0) is 14.8. The average Bonchev–Trinajstić information content (AvgIpc) is 2.43. The fourth-order valence-corrected chi connectivity index (χ4v) is 1.97. The molecule has 0 atom stereocenters. The van der Waals surface area contributed by atoms with Crippen LogP contribution in [0.25, 0.3) is 0 Å². The molecular formula is C15H28N4O. The highest BCUT2D eigenvalue weighted by Gasteiger charge is 2.12. The molecule has 1 aromatic heterocycles. The van der Waals surface area contributed by atoms with Gasteiger partial charge in [0.15, 0.2) is 5.82 Å². The minimum Gasteiger partial charge on any atom is -0.476 e. The first-order valence-electron chi connectivity index (χ1n) is 7.75. The number of hydrogen-bond acceptors (Lipinski definition) is 5. The molecular weight excluding hydrogens is 252 g/mol. The Morgan fingerprint density at radius 2 is 1.85 bits per heavy atom. The van der Waals surface area contributed by atoms with Crippen molar-refractivity contribution in [2.24, 2.45) is 0 Å². The smallest absolute Gasteiger partial charge is 0.242 e. The van der Waals surface area contributed by atoms with Crippen LogP contribution in [0.2, 0.25) is 0 Å². The van der Waals surface area contributed by atoms with Crippen LogP contribution >= 0.6 is 0 Å². The highest BCUT2D eigenvalue weighted by Crippen LogP contribution is 2.26. The van der Waals surface area contributed by atoms with E-state index in [2.05, 4.69) is 29.1 Å². The molecule has 0 aromatic carbocycles. The number of nitrogens with two attached hydrogens (primary N) is 1. The third-order valence-corrected chi connectivity index (χ3v) is 3.03. The van der Waals surface area contributed by atoms with Gasteiger partial charge in [0, 0.05) is 13.0 Å². The molecule has 114 valence electrons. The van der Waals surface area contributed by atoms with Gasteiger partial charge in [0.25, 0.3) is 0 Å². The fraction of sp³-hybridized carbons (Fsp3) is 0.733. The van der Waals surface area contributed by atoms with Crippen LogP contribution in [-0.2, 0) is 6.42 Å². The van der Waals surface area contributed by atoms with Gasteiger partial charge in [0.2, 0.25) is 5.88 Å². The van der Waals surface area contributed by atoms with E-state index in [1.54, 1.807) is 0 Å². The second-order valence-electron chi connectivity index (χ2n) is 4.88. The Balaban J connectivity index is 2.71. The van der Waals surface area contributed by atoms with Crippen LogP contribution in [0.5, 0.6) is 5.88 Å². The lowest BCUT2D eigenvalue weighted by molar-refractivity contribution is 0.327. The predicted molar refractivity (Wildman–Crippen MR) is 84.2 cm³/mol. The quantitative estimate of drug-likeness (QED) is 0.643. The van der Waals surface area contributed by atoms with E-state index >= 15 is 0 Å². The van der Waals surface area contributed by atoms with Gasteiger partial charge in [-0.05, 0) is 19.8 Å². The average molecular weight is 280 g/mol. The van der Waals surface area contributed by atoms with E-state index in [0.717, 1.165) is 31.6 Å². The van der Waals surface area contributed by atoms with Crippen LogP contribution in [0.3, 0.4) is 0 Å². The molecule has 0 radical (unpaired) electrons. The molecule has 3 N–H and O–H groups in total. The lowest BCUT2D eigenvalue weighted by atomic mass is 10.2. The van der Waals surface area contributed by atoms with Crippen molar-refractivity contribution in [3.8, 4) is 5.88 Å². The molecule has 0 unspecified atom stereocenters. The molecule has 1 heterocycles. The van der Waals surface area contributed by atoms with E-state index in [9.17, 15) is 0 Å². The summed E-state index contributed by atoms with van der Waals surface area (Å²) in [6, 6.07) is 0. The third kappa shape index (κ3) is 5.23. The highest BCUT2D eigenvalue weighted by atomic mass is 16.5. The number of aromatic nitrogens is 2. The second kappa shape index (κ2) is 9.39. The van der Waals surface area contributed by atoms with Crippen molar-refractivity contribution >= 4 is 11.5 Å². The number of aryl methyl sites for hydroxylation is 1. The summed E-state index contributed by atoms with van der Waals surface area (Å²) in [4.78, 5) is 8.87. The molecule has 5 nitrogen and oxygen atoms in total. The summed E-state index contributed by atoms with van der Waals surface area (Å²) in [5.41, 5.74) is 6.58. The van der Waals surface area contributed by atoms with Crippen molar-refractivity contribution < 1.29 is 4.74 Å². The number of nitrogens with zero attached hydrogens (tertiary/aromatic N) is 2. The van der Waals surface area contributed by atoms with E-state index in [-0.39, 0.29) is 0 Å². The number of unbranched alkanes of at least 4 members (excludes halogenated alkanes) is 3. The van der Waals surface area contributed by atoms with E-state index in [0.29, 0.717) is 24.0 Å². The second-order valence-corrected chi connectivity index (χ2v) is 4.88. The maximum absolute atomic E-state index is 6.06. The van der Waals surface area contributed by atoms with Gasteiger partial charge in [-0.15, -0.1) is 0 Å². The van der Waals surface area contributed by atoms with Crippen molar-refractivity contribution in [2.45, 2.75) is 59.3 Å². The van der Waals surface area contributed by atoms with Crippen molar-refractivity contribution in [1.29, 1.82) is 0 Å². The topological polar surface area (TPSA) is 73.1 Å². The Hall–Kier alpha value is -1.52. The SMILES string of the molecule is CCCCCCNc1nc(CCC)nc(OCC)c1N. The Labute approximate surface area is 122 Å². The van der Waals surface area contributed by atoms with Gasteiger partial charge in [-0.1, -0.05) is 33.1 Å². The van der Waals surface area contributed by atoms with Crippen LogP contribution < -0.4 is 15.8 Å². The first kappa shape index (κ1) is 16.5. The molecule has 0 saturated carbocycles. The number of hydrogen-bond donors (Lipinski definition) is 2. The van der Waals surface area contributed by atoms with Gasteiger partial charge >= 0.3 is 0 Å². The van der Waals surface area contributed by atoms with Gasteiger partial charge in [-0.3, -0.25) is 0 Å². The summed E-state index contributed by atoms with van der Waals surface area (Å²) in [6.07, 6.45) is 6.71. The van der Waals surface area contributed by atoms with Gasteiger partial charge < -0.3 is 15.8 Å². The first-order chi connectivity index (χ1) is 9.72. The summed E-state index contributed by atoms with van der Waals surface area (Å²) >= 11 is 0. The zero-order valence-electron chi connectivity index (χ0n) is 13.0. The third-order valence-electron chi connectivity index (χ3n) is 3.03. The highest BCUT2D eigenvalue weighted by molar-refractivity contribution is 5.66. The molecule has 0 bridgehead atoms. The number of ether oxygens (including phenoxy) is 1. The van der Waals surface area contributed by atoms with E-state index in [4.69, 9.17) is 10.5 Å². The molecule has 0 fully saturated rings. The molecule has 0 aliphatic heterocycles. The molecule has 0 aliphatic carbocycles. The Bertz CT molecular complexity index is 396. The molecule has 20 heavy (non-hydrogen) atoms. The van der Waals surface area contributed by atoms with Crippen LogP contribution in [0.4, 0.5) is 11.5 Å². The predicted octanol–water partition coefficient (Wildman–Crippen LogP) is 3.40. The summed E-state index contributed by atoms with van der Waals surface area (Å²) in [5, 5.41) is 3.31. The van der Waals surface area contributed by atoms with E-state index in [1.165, 1.54) is 19.3 Å². The number of anilines is 2. The van der Waals surface area contributed by atoms with Crippen LogP contribution in [0.15, 0.2) is 0 Å². The fourth-order valence-electron chi connectivity index (χ4n) is 1.97. The summed E-state index contributed by atoms with van der Waals surface area (Å²) in [5.74, 6) is 2.01. The van der Waals surface area contributed by atoms with Crippen molar-refractivity contribution in [3.63, 3.8) is 0 Å². The van der Waals surface area contributed by atoms with E-state index < -0.39 is 0 Å². The van der Waals surface area contributed by atoms with Crippen molar-refractivity contribution in [2.75, 3.05) is 24.2 Å². The van der Waals surface area contributed by atoms with Crippen molar-refractivity contribution in [1.82, 2.24) is 9.97 Å². The maximum atomic E-state index is 6.06. The lowest BCUT2D eigenvalue weighted by Gasteiger charge is -2.13. The van der Waals surface area contributed by atoms with Gasteiger partial charge in [0.05, 0.1) is 6.61 Å². The standard InChI is InChI=1S/C15H28N4O/c1-4-7-8-9-11-17-14-13(16)15(20-6-3)19-12(18-14)10-5-2/h4-11,16H2,1-3H3,(H,17,18,19). The summed E-state index contributed by atoms with van der Waals surface area (Å²) in [6.45, 7) is 7.69. The Morgan fingerprint density at radius 3 is 2.50 bits per heavy atom. The maximum Gasteiger partial charge on any atom is 0.242 e. The van der Waals surface area contributed by atoms with Gasteiger partial charge in [0.1, 0.15) is 11.5 Å². The number of rotatable bonds is 10. The normalized spacial score (nSPS) is 10.6. The van der Waals surface area contributed by atoms with Crippen LogP contribution in [0.1, 0.15) is 58.7 Å².